The summed E-state index contributed by atoms with van der Waals surface area (Å²) in [4.78, 5) is 20.3. The molecule has 0 aliphatic heterocycles. The van der Waals surface area contributed by atoms with Gasteiger partial charge in [0.05, 0.1) is 0 Å². The van der Waals surface area contributed by atoms with E-state index in [2.05, 4.69) is 6.92 Å². The van der Waals surface area contributed by atoms with Gasteiger partial charge in [0.2, 0.25) is 5.78 Å². The Morgan fingerprint density at radius 1 is 1.67 bits per heavy atom. The van der Waals surface area contributed by atoms with Crippen LogP contribution < -0.4 is 0 Å². The number of hydrogen-bond acceptors (Lipinski definition) is 2. The summed E-state index contributed by atoms with van der Waals surface area (Å²) < 4.78 is 0. The molecule has 0 aliphatic carbocycles. The van der Waals surface area contributed by atoms with Gasteiger partial charge in [0.15, 0.2) is 0 Å². The third kappa shape index (κ3) is 2.26. The molecule has 9 heavy (non-hydrogen) atoms. The monoisotopic (exact) mass is 129 g/mol. The summed E-state index contributed by atoms with van der Waals surface area (Å²) in [7, 11) is 0. The number of hydrogen-bond donors (Lipinski definition) is 1. The molecule has 0 aliphatic rings. The SMILES string of the molecule is [CH2]C(CC)C(=O)C(=O)O. The van der Waals surface area contributed by atoms with E-state index in [-0.39, 0.29) is 0 Å². The third-order valence-corrected chi connectivity index (χ3v) is 1.07. The van der Waals surface area contributed by atoms with Crippen molar-refractivity contribution in [3.63, 3.8) is 0 Å². The van der Waals surface area contributed by atoms with Crippen LogP contribution in [-0.4, -0.2) is 16.9 Å². The summed E-state index contributed by atoms with van der Waals surface area (Å²) in [6, 6.07) is 0. The molecule has 0 aromatic carbocycles. The zero-order valence-corrected chi connectivity index (χ0v) is 5.26. The lowest BCUT2D eigenvalue weighted by Gasteiger charge is -1.99. The molecule has 0 spiro atoms. The Hall–Kier alpha value is -0.860. The minimum atomic E-state index is -1.39. The lowest BCUT2D eigenvalue weighted by Crippen LogP contribution is -2.20. The van der Waals surface area contributed by atoms with Crippen LogP contribution in [-0.2, 0) is 9.59 Å². The molecular weight excluding hydrogens is 120 g/mol. The lowest BCUT2D eigenvalue weighted by atomic mass is 10.0. The molecule has 0 saturated heterocycles. The van der Waals surface area contributed by atoms with Gasteiger partial charge in [-0.2, -0.15) is 0 Å². The van der Waals surface area contributed by atoms with Gasteiger partial charge in [-0.1, -0.05) is 6.92 Å². The van der Waals surface area contributed by atoms with E-state index in [9.17, 15) is 9.59 Å². The normalized spacial score (nSPS) is 12.7. The molecule has 1 radical (unpaired) electrons. The Balaban J connectivity index is 3.88. The first-order chi connectivity index (χ1) is 4.09. The van der Waals surface area contributed by atoms with Gasteiger partial charge in [-0.05, 0) is 13.3 Å². The summed E-state index contributed by atoms with van der Waals surface area (Å²) >= 11 is 0. The number of ketones is 1. The first kappa shape index (κ1) is 8.14. The molecule has 0 heterocycles. The Bertz CT molecular complexity index is 128. The molecule has 0 aromatic heterocycles. The molecule has 0 bridgehead atoms. The average Bonchev–Trinajstić information content (AvgIpc) is 1.84. The van der Waals surface area contributed by atoms with Gasteiger partial charge in [0.1, 0.15) is 0 Å². The van der Waals surface area contributed by atoms with Crippen LogP contribution in [0.4, 0.5) is 0 Å². The zero-order valence-electron chi connectivity index (χ0n) is 5.26. The van der Waals surface area contributed by atoms with Crippen molar-refractivity contribution < 1.29 is 14.7 Å². The van der Waals surface area contributed by atoms with Crippen molar-refractivity contribution in [1.82, 2.24) is 0 Å². The molecular formula is C6H9O3. The van der Waals surface area contributed by atoms with E-state index in [1.807, 2.05) is 0 Å². The largest absolute Gasteiger partial charge is 0.475 e. The van der Waals surface area contributed by atoms with E-state index >= 15 is 0 Å². The maximum Gasteiger partial charge on any atom is 0.372 e. The molecule has 0 rings (SSSR count). The van der Waals surface area contributed by atoms with Crippen LogP contribution in [0.1, 0.15) is 13.3 Å². The van der Waals surface area contributed by atoms with Crippen molar-refractivity contribution in [2.45, 2.75) is 13.3 Å². The number of carbonyl (C=O) groups excluding carboxylic acids is 1. The van der Waals surface area contributed by atoms with E-state index in [4.69, 9.17) is 5.11 Å². The Labute approximate surface area is 53.7 Å². The number of carboxylic acids is 1. The number of carbonyl (C=O) groups is 2. The molecule has 3 nitrogen and oxygen atoms in total. The Kier molecular flexibility index (Phi) is 2.91. The Morgan fingerprint density at radius 3 is 2.22 bits per heavy atom. The van der Waals surface area contributed by atoms with Crippen molar-refractivity contribution in [2.24, 2.45) is 5.92 Å². The standard InChI is InChI=1S/C6H9O3/c1-3-4(2)5(7)6(8)9/h4H,2-3H2,1H3,(H,8,9). The Morgan fingerprint density at radius 2 is 2.11 bits per heavy atom. The highest BCUT2D eigenvalue weighted by Crippen LogP contribution is 2.00. The van der Waals surface area contributed by atoms with Crippen LogP contribution in [0.25, 0.3) is 0 Å². The number of aliphatic carboxylic acids is 1. The van der Waals surface area contributed by atoms with E-state index in [0.717, 1.165) is 0 Å². The molecule has 0 saturated carbocycles. The smallest absolute Gasteiger partial charge is 0.372 e. The fourth-order valence-electron chi connectivity index (χ4n) is 0.360. The van der Waals surface area contributed by atoms with Crippen LogP contribution in [0.15, 0.2) is 0 Å². The van der Waals surface area contributed by atoms with Gasteiger partial charge >= 0.3 is 5.97 Å². The van der Waals surface area contributed by atoms with E-state index in [1.54, 1.807) is 6.92 Å². The fraction of sp³-hybridized carbons (Fsp3) is 0.500. The van der Waals surface area contributed by atoms with Crippen molar-refractivity contribution in [3.8, 4) is 0 Å². The molecule has 1 atom stereocenters. The van der Waals surface area contributed by atoms with E-state index in [0.29, 0.717) is 6.42 Å². The van der Waals surface area contributed by atoms with Crippen molar-refractivity contribution in [1.29, 1.82) is 0 Å². The minimum absolute atomic E-state index is 0.477. The summed E-state index contributed by atoms with van der Waals surface area (Å²) in [5, 5.41) is 8.09. The molecule has 51 valence electrons. The second kappa shape index (κ2) is 3.22. The maximum atomic E-state index is 10.4. The van der Waals surface area contributed by atoms with Crippen LogP contribution in [0.3, 0.4) is 0 Å². The number of Topliss-reactive ketones (excluding diaryl/α,β-unsaturated/α-hetero) is 1. The van der Waals surface area contributed by atoms with Crippen LogP contribution in [0.5, 0.6) is 0 Å². The highest BCUT2D eigenvalue weighted by molar-refractivity contribution is 6.33. The second-order valence-corrected chi connectivity index (χ2v) is 1.77. The second-order valence-electron chi connectivity index (χ2n) is 1.77. The average molecular weight is 129 g/mol. The molecule has 1 N–H and O–H groups in total. The minimum Gasteiger partial charge on any atom is -0.475 e. The van der Waals surface area contributed by atoms with E-state index < -0.39 is 17.7 Å². The first-order valence-corrected chi connectivity index (χ1v) is 2.69. The quantitative estimate of drug-likeness (QED) is 0.564. The number of carboxylic acid groups (broad SMARTS) is 1. The van der Waals surface area contributed by atoms with Crippen molar-refractivity contribution >= 4 is 11.8 Å². The van der Waals surface area contributed by atoms with Crippen molar-refractivity contribution in [2.75, 3.05) is 0 Å². The molecule has 0 fully saturated rings. The lowest BCUT2D eigenvalue weighted by molar-refractivity contribution is -0.150. The maximum absolute atomic E-state index is 10.4. The molecule has 1 unspecified atom stereocenters. The van der Waals surface area contributed by atoms with Gasteiger partial charge in [0.25, 0.3) is 0 Å². The van der Waals surface area contributed by atoms with Gasteiger partial charge in [0, 0.05) is 5.92 Å². The number of rotatable bonds is 3. The third-order valence-electron chi connectivity index (χ3n) is 1.07. The predicted molar refractivity (Wildman–Crippen MR) is 31.8 cm³/mol. The molecule has 0 amide bonds. The van der Waals surface area contributed by atoms with Crippen LogP contribution in [0.2, 0.25) is 0 Å². The summed E-state index contributed by atoms with van der Waals surface area (Å²) in [6.07, 6.45) is 0.477. The van der Waals surface area contributed by atoms with Crippen LogP contribution in [0, 0.1) is 12.8 Å². The topological polar surface area (TPSA) is 54.4 Å². The molecule has 0 aromatic rings. The van der Waals surface area contributed by atoms with Gasteiger partial charge < -0.3 is 5.11 Å². The van der Waals surface area contributed by atoms with Crippen LogP contribution >= 0.6 is 0 Å². The highest BCUT2D eigenvalue weighted by atomic mass is 16.4. The van der Waals surface area contributed by atoms with E-state index in [1.165, 1.54) is 0 Å². The molecule has 3 heteroatoms. The van der Waals surface area contributed by atoms with Gasteiger partial charge in [-0.25, -0.2) is 4.79 Å². The summed E-state index contributed by atoms with van der Waals surface area (Å²) in [5.41, 5.74) is 0. The van der Waals surface area contributed by atoms with Crippen molar-refractivity contribution in [3.05, 3.63) is 6.92 Å². The predicted octanol–water partition coefficient (Wildman–Crippen LogP) is 0.500. The summed E-state index contributed by atoms with van der Waals surface area (Å²) in [5.74, 6) is -2.79. The van der Waals surface area contributed by atoms with Gasteiger partial charge in [-0.3, -0.25) is 4.79 Å². The highest BCUT2D eigenvalue weighted by Gasteiger charge is 2.17. The summed E-state index contributed by atoms with van der Waals surface area (Å²) in [6.45, 7) is 5.07. The fourth-order valence-corrected chi connectivity index (χ4v) is 0.360. The zero-order chi connectivity index (χ0) is 7.44. The first-order valence-electron chi connectivity index (χ1n) is 2.69. The van der Waals surface area contributed by atoms with Gasteiger partial charge in [-0.15, -0.1) is 0 Å².